The van der Waals surface area contributed by atoms with Crippen LogP contribution in [0, 0.1) is 0 Å². The van der Waals surface area contributed by atoms with E-state index >= 15 is 0 Å². The van der Waals surface area contributed by atoms with Crippen molar-refractivity contribution in [3.05, 3.63) is 114 Å². The number of aromatic nitrogens is 1. The molecule has 4 aromatic carbocycles. The van der Waals surface area contributed by atoms with Gasteiger partial charge < -0.3 is 9.32 Å². The molecule has 0 radical (unpaired) electrons. The Labute approximate surface area is 239 Å². The van der Waals surface area contributed by atoms with Gasteiger partial charge in [0.15, 0.2) is 6.39 Å². The molecule has 0 aliphatic rings. The Morgan fingerprint density at radius 1 is 0.778 bits per heavy atom. The lowest BCUT2D eigenvalue weighted by molar-refractivity contribution is 0.558. The molecule has 5 aromatic rings. The lowest BCUT2D eigenvalue weighted by Crippen LogP contribution is -2.24. The van der Waals surface area contributed by atoms with E-state index in [0.717, 1.165) is 28.1 Å². The first-order valence-corrected chi connectivity index (χ1v) is 13.2. The second-order valence-electron chi connectivity index (χ2n) is 8.29. The zero-order valence-electron chi connectivity index (χ0n) is 19.7. The third-order valence-electron chi connectivity index (χ3n) is 5.80. The minimum absolute atomic E-state index is 0. The quantitative estimate of drug-likeness (QED) is 0.140. The van der Waals surface area contributed by atoms with Crippen LogP contribution in [-0.4, -0.2) is 19.1 Å². The summed E-state index contributed by atoms with van der Waals surface area (Å²) in [6.45, 7) is 0. The van der Waals surface area contributed by atoms with Crippen LogP contribution in [0.3, 0.4) is 0 Å². The molecule has 3 nitrogen and oxygen atoms in total. The van der Waals surface area contributed by atoms with Crippen LogP contribution >= 0.6 is 55.1 Å². The number of halogens is 3. The molecule has 0 spiro atoms. The molecular weight excluding hydrogens is 621 g/mol. The lowest BCUT2D eigenvalue weighted by atomic mass is 9.96. The number of anilines is 1. The second-order valence-corrected chi connectivity index (χ2v) is 11.3. The first kappa shape index (κ1) is 26.7. The monoisotopic (exact) mass is 644 g/mol. The summed E-state index contributed by atoms with van der Waals surface area (Å²) in [5.41, 5.74) is 4.74. The van der Waals surface area contributed by atoms with E-state index in [1.54, 1.807) is 12.3 Å². The lowest BCUT2D eigenvalue weighted by Gasteiger charge is -2.27. The van der Waals surface area contributed by atoms with Gasteiger partial charge in [-0.15, -0.1) is 24.0 Å². The van der Waals surface area contributed by atoms with Gasteiger partial charge in [0.05, 0.1) is 0 Å². The highest BCUT2D eigenvalue weighted by Gasteiger charge is 2.26. The predicted octanol–water partition coefficient (Wildman–Crippen LogP) is 7.76. The Kier molecular flexibility index (Phi) is 8.74. The number of hydrogen-bond acceptors (Lipinski definition) is 3. The SMILES string of the molecule is CN(C)c1cc(-c2cocn2)c(-c2ccc(Cl)cc2Cl)c(P(c2ccccc2)c2ccccc2)c1.I. The van der Waals surface area contributed by atoms with Gasteiger partial charge in [0.1, 0.15) is 12.0 Å². The fourth-order valence-electron chi connectivity index (χ4n) is 4.15. The fourth-order valence-corrected chi connectivity index (χ4v) is 7.17. The minimum Gasteiger partial charge on any atom is -0.451 e. The molecule has 7 heteroatoms. The Bertz CT molecular complexity index is 1410. The van der Waals surface area contributed by atoms with E-state index in [1.165, 1.54) is 22.3 Å². The third-order valence-corrected chi connectivity index (χ3v) is 8.81. The Hall–Kier alpha value is -2.37. The van der Waals surface area contributed by atoms with Gasteiger partial charge >= 0.3 is 0 Å². The number of rotatable bonds is 6. The summed E-state index contributed by atoms with van der Waals surface area (Å²) in [7, 11) is 3.18. The van der Waals surface area contributed by atoms with E-state index < -0.39 is 7.92 Å². The molecule has 0 aliphatic carbocycles. The van der Waals surface area contributed by atoms with Crippen LogP contribution in [0.15, 0.2) is 108 Å². The first-order valence-electron chi connectivity index (χ1n) is 11.1. The van der Waals surface area contributed by atoms with Crippen LogP contribution in [0.25, 0.3) is 22.4 Å². The van der Waals surface area contributed by atoms with Gasteiger partial charge in [0.2, 0.25) is 0 Å². The van der Waals surface area contributed by atoms with Gasteiger partial charge in [-0.05, 0) is 48.1 Å². The molecule has 0 saturated heterocycles. The molecule has 0 N–H and O–H groups in total. The van der Waals surface area contributed by atoms with Gasteiger partial charge in [0, 0.05) is 46.5 Å². The maximum absolute atomic E-state index is 6.84. The van der Waals surface area contributed by atoms with Crippen LogP contribution < -0.4 is 20.8 Å². The van der Waals surface area contributed by atoms with Crippen molar-refractivity contribution in [1.29, 1.82) is 0 Å². The highest BCUT2D eigenvalue weighted by atomic mass is 127. The summed E-state index contributed by atoms with van der Waals surface area (Å²) in [5.74, 6) is 0. The highest BCUT2D eigenvalue weighted by molar-refractivity contribution is 14.0. The minimum atomic E-state index is -0.920. The Morgan fingerprint density at radius 3 is 1.94 bits per heavy atom. The van der Waals surface area contributed by atoms with Crippen LogP contribution in [-0.2, 0) is 0 Å². The number of oxazole rings is 1. The summed E-state index contributed by atoms with van der Waals surface area (Å²) in [5, 5.41) is 4.88. The van der Waals surface area contributed by atoms with E-state index in [4.69, 9.17) is 27.6 Å². The van der Waals surface area contributed by atoms with Crippen LogP contribution in [0.1, 0.15) is 0 Å². The standard InChI is InChI=1S/C29H23Cl2N2OP.HI/c1-33(2)21-16-25(27-18-34-19-32-27)29(24-14-13-20(30)15-26(24)31)28(17-21)35(22-9-5-3-6-10-22)23-11-7-4-8-12-23;/h3-19H,1-2H3;1H. The van der Waals surface area contributed by atoms with Crippen molar-refractivity contribution in [2.45, 2.75) is 0 Å². The molecule has 0 aliphatic heterocycles. The number of nitrogens with zero attached hydrogens (tertiary/aromatic N) is 2. The van der Waals surface area contributed by atoms with Gasteiger partial charge in [-0.2, -0.15) is 0 Å². The first-order chi connectivity index (χ1) is 17.0. The highest BCUT2D eigenvalue weighted by Crippen LogP contribution is 2.44. The topological polar surface area (TPSA) is 29.3 Å². The average molecular weight is 645 g/mol. The fraction of sp³-hybridized carbons (Fsp3) is 0.0690. The van der Waals surface area contributed by atoms with E-state index in [0.29, 0.717) is 10.0 Å². The zero-order chi connectivity index (χ0) is 24.4. The van der Waals surface area contributed by atoms with Crippen molar-refractivity contribution in [1.82, 2.24) is 4.98 Å². The van der Waals surface area contributed by atoms with E-state index in [1.807, 2.05) is 26.2 Å². The molecule has 1 aromatic heterocycles. The number of hydrogen-bond donors (Lipinski definition) is 0. The van der Waals surface area contributed by atoms with Crippen molar-refractivity contribution < 1.29 is 4.42 Å². The van der Waals surface area contributed by atoms with Gasteiger partial charge in [0.25, 0.3) is 0 Å². The molecular formula is C29H24Cl2IN2OP. The summed E-state index contributed by atoms with van der Waals surface area (Å²) in [6, 6.07) is 31.4. The second kappa shape index (κ2) is 11.8. The van der Waals surface area contributed by atoms with Crippen LogP contribution in [0.2, 0.25) is 10.0 Å². The summed E-state index contributed by atoms with van der Waals surface area (Å²) in [6.07, 6.45) is 3.14. The Morgan fingerprint density at radius 2 is 1.42 bits per heavy atom. The van der Waals surface area contributed by atoms with Gasteiger partial charge in [-0.3, -0.25) is 0 Å². The largest absolute Gasteiger partial charge is 0.451 e. The molecule has 0 saturated carbocycles. The summed E-state index contributed by atoms with van der Waals surface area (Å²) >= 11 is 13.1. The predicted molar refractivity (Wildman–Crippen MR) is 166 cm³/mol. The maximum Gasteiger partial charge on any atom is 0.181 e. The zero-order valence-corrected chi connectivity index (χ0v) is 24.5. The number of benzene rings is 4. The normalized spacial score (nSPS) is 10.8. The van der Waals surface area contributed by atoms with E-state index in [2.05, 4.69) is 82.7 Å². The van der Waals surface area contributed by atoms with Gasteiger partial charge in [-0.1, -0.05) is 89.9 Å². The molecule has 0 fully saturated rings. The molecule has 182 valence electrons. The van der Waals surface area contributed by atoms with Crippen molar-refractivity contribution in [3.8, 4) is 22.4 Å². The van der Waals surface area contributed by atoms with Crippen molar-refractivity contribution >= 4 is 76.7 Å². The summed E-state index contributed by atoms with van der Waals surface area (Å²) < 4.78 is 5.41. The van der Waals surface area contributed by atoms with E-state index in [-0.39, 0.29) is 24.0 Å². The summed E-state index contributed by atoms with van der Waals surface area (Å²) in [4.78, 5) is 6.63. The van der Waals surface area contributed by atoms with Crippen molar-refractivity contribution in [2.75, 3.05) is 19.0 Å². The molecule has 36 heavy (non-hydrogen) atoms. The van der Waals surface area contributed by atoms with Crippen LogP contribution in [0.4, 0.5) is 5.69 Å². The maximum atomic E-state index is 6.84. The molecule has 0 atom stereocenters. The molecule has 0 unspecified atom stereocenters. The van der Waals surface area contributed by atoms with Crippen molar-refractivity contribution in [2.24, 2.45) is 0 Å². The molecule has 0 amide bonds. The Balaban J connectivity index is 0.00000304. The van der Waals surface area contributed by atoms with Gasteiger partial charge in [-0.25, -0.2) is 4.98 Å². The molecule has 0 bridgehead atoms. The van der Waals surface area contributed by atoms with Crippen molar-refractivity contribution in [3.63, 3.8) is 0 Å². The molecule has 5 rings (SSSR count). The smallest absolute Gasteiger partial charge is 0.181 e. The van der Waals surface area contributed by atoms with Crippen LogP contribution in [0.5, 0.6) is 0 Å². The third kappa shape index (κ3) is 5.47. The molecule has 1 heterocycles. The average Bonchev–Trinajstić information content (AvgIpc) is 3.40. The van der Waals surface area contributed by atoms with E-state index in [9.17, 15) is 0 Å².